The first-order chi connectivity index (χ1) is 7.98. The third-order valence-corrected chi connectivity index (χ3v) is 7.35. The van der Waals surface area contributed by atoms with Gasteiger partial charge in [-0.2, -0.15) is 0 Å². The highest BCUT2D eigenvalue weighted by molar-refractivity contribution is 8.12. The van der Waals surface area contributed by atoms with Crippen molar-refractivity contribution in [3.05, 3.63) is 0 Å². The lowest BCUT2D eigenvalue weighted by Gasteiger charge is -2.36. The van der Waals surface area contributed by atoms with Crippen LogP contribution >= 0.6 is 11.8 Å². The number of thioether (sulfide) groups is 1. The Morgan fingerprint density at radius 2 is 2.00 bits per heavy atom. The van der Waals surface area contributed by atoms with Crippen LogP contribution in [-0.4, -0.2) is 32.9 Å². The van der Waals surface area contributed by atoms with Crippen LogP contribution < -0.4 is 0 Å². The first-order valence-electron chi connectivity index (χ1n) is 6.07. The molecule has 0 fully saturated rings. The van der Waals surface area contributed by atoms with E-state index >= 15 is 0 Å². The van der Waals surface area contributed by atoms with Crippen LogP contribution in [0.3, 0.4) is 0 Å². The lowest BCUT2D eigenvalue weighted by molar-refractivity contribution is -0.141. The Bertz CT molecular complexity index is 268. The highest BCUT2D eigenvalue weighted by Gasteiger charge is 2.40. The maximum atomic E-state index is 12.3. The molecule has 0 radical (unpaired) electrons. The number of carbonyl (C=O) groups excluding carboxylic acids is 1. The number of methoxy groups -OCH3 is 1. The maximum absolute atomic E-state index is 12.3. The number of hydrogen-bond donors (Lipinski definition) is 0. The summed E-state index contributed by atoms with van der Waals surface area (Å²) < 4.78 is 16.7. The van der Waals surface area contributed by atoms with Gasteiger partial charge in [0.15, 0.2) is 0 Å². The van der Waals surface area contributed by atoms with Crippen molar-refractivity contribution in [2.45, 2.75) is 44.6 Å². The molecule has 102 valence electrons. The van der Waals surface area contributed by atoms with Crippen molar-refractivity contribution in [1.82, 2.24) is 0 Å². The molecule has 0 aliphatic rings. The van der Waals surface area contributed by atoms with Crippen LogP contribution in [0.1, 0.15) is 40.5 Å². The number of hydrogen-bond acceptors (Lipinski definition) is 4. The zero-order valence-corrected chi connectivity index (χ0v) is 13.1. The van der Waals surface area contributed by atoms with Crippen molar-refractivity contribution < 1.29 is 13.7 Å². The standard InChI is InChI=1S/C12H24O3S2/c1-6-12(16-7-2,17(14)8-3)10(4)9-11(13)15-5/h10H,6-9H2,1-5H3. The molecule has 0 saturated carbocycles. The SMILES string of the molecule is CCSC(CC)(C(C)CC(=O)OC)S(=O)CC. The fraction of sp³-hybridized carbons (Fsp3) is 0.917. The number of carbonyl (C=O) groups is 1. The molecule has 3 unspecified atom stereocenters. The third-order valence-electron chi connectivity index (χ3n) is 2.98. The van der Waals surface area contributed by atoms with Crippen molar-refractivity contribution in [2.24, 2.45) is 5.92 Å². The van der Waals surface area contributed by atoms with E-state index < -0.39 is 10.8 Å². The van der Waals surface area contributed by atoms with E-state index in [9.17, 15) is 9.00 Å². The van der Waals surface area contributed by atoms with Crippen LogP contribution in [0.15, 0.2) is 0 Å². The second kappa shape index (κ2) is 8.14. The average Bonchev–Trinajstić information content (AvgIpc) is 2.34. The molecular formula is C12H24O3S2. The number of rotatable bonds is 8. The van der Waals surface area contributed by atoms with E-state index in [0.717, 1.165) is 12.2 Å². The number of ether oxygens (including phenoxy) is 1. The molecular weight excluding hydrogens is 256 g/mol. The summed E-state index contributed by atoms with van der Waals surface area (Å²) in [5.41, 5.74) is 0. The van der Waals surface area contributed by atoms with Crippen molar-refractivity contribution in [3.8, 4) is 0 Å². The number of esters is 1. The van der Waals surface area contributed by atoms with Gasteiger partial charge in [-0.25, -0.2) is 0 Å². The average molecular weight is 280 g/mol. The highest BCUT2D eigenvalue weighted by atomic mass is 32.2. The van der Waals surface area contributed by atoms with Crippen LogP contribution in [-0.2, 0) is 20.3 Å². The quantitative estimate of drug-likeness (QED) is 0.641. The normalized spacial score (nSPS) is 18.2. The summed E-state index contributed by atoms with van der Waals surface area (Å²) in [5, 5.41) is 0. The van der Waals surface area contributed by atoms with E-state index in [1.165, 1.54) is 7.11 Å². The van der Waals surface area contributed by atoms with E-state index in [2.05, 4.69) is 6.92 Å². The van der Waals surface area contributed by atoms with Gasteiger partial charge < -0.3 is 4.74 Å². The summed E-state index contributed by atoms with van der Waals surface area (Å²) in [4.78, 5) is 11.4. The smallest absolute Gasteiger partial charge is 0.305 e. The molecule has 0 saturated heterocycles. The van der Waals surface area contributed by atoms with Gasteiger partial charge in [-0.05, 0) is 18.1 Å². The third kappa shape index (κ3) is 4.28. The van der Waals surface area contributed by atoms with E-state index in [1.807, 2.05) is 20.8 Å². The van der Waals surface area contributed by atoms with E-state index in [4.69, 9.17) is 4.74 Å². The van der Waals surface area contributed by atoms with Crippen LogP contribution in [0.25, 0.3) is 0 Å². The minimum absolute atomic E-state index is 0.0608. The lowest BCUT2D eigenvalue weighted by Crippen LogP contribution is -2.39. The molecule has 0 spiro atoms. The van der Waals surface area contributed by atoms with Gasteiger partial charge in [-0.1, -0.05) is 27.7 Å². The summed E-state index contributed by atoms with van der Waals surface area (Å²) in [7, 11) is 0.479. The van der Waals surface area contributed by atoms with Gasteiger partial charge in [0.05, 0.1) is 17.6 Å². The monoisotopic (exact) mass is 280 g/mol. The van der Waals surface area contributed by atoms with Gasteiger partial charge in [-0.3, -0.25) is 9.00 Å². The summed E-state index contributed by atoms with van der Waals surface area (Å²) in [6, 6.07) is 0. The van der Waals surface area contributed by atoms with Crippen LogP contribution in [0.5, 0.6) is 0 Å². The topological polar surface area (TPSA) is 43.4 Å². The Labute approximate surface area is 112 Å². The van der Waals surface area contributed by atoms with Gasteiger partial charge in [0.2, 0.25) is 0 Å². The predicted octanol–water partition coefficient (Wildman–Crippen LogP) is 2.81. The summed E-state index contributed by atoms with van der Waals surface area (Å²) in [6.45, 7) is 8.04. The Balaban J connectivity index is 5.00. The van der Waals surface area contributed by atoms with E-state index in [1.54, 1.807) is 11.8 Å². The molecule has 0 heterocycles. The molecule has 0 aromatic rings. The van der Waals surface area contributed by atoms with Gasteiger partial charge in [0, 0.05) is 16.6 Å². The summed E-state index contributed by atoms with van der Waals surface area (Å²) in [5.74, 6) is 1.38. The Morgan fingerprint density at radius 3 is 2.35 bits per heavy atom. The molecule has 3 nitrogen and oxygen atoms in total. The van der Waals surface area contributed by atoms with Crippen molar-refractivity contribution in [3.63, 3.8) is 0 Å². The molecule has 17 heavy (non-hydrogen) atoms. The highest BCUT2D eigenvalue weighted by Crippen LogP contribution is 2.41. The van der Waals surface area contributed by atoms with Crippen molar-refractivity contribution in [1.29, 1.82) is 0 Å². The van der Waals surface area contributed by atoms with E-state index in [-0.39, 0.29) is 16.0 Å². The van der Waals surface area contributed by atoms with Crippen LogP contribution in [0, 0.1) is 5.92 Å². The van der Waals surface area contributed by atoms with Gasteiger partial charge >= 0.3 is 5.97 Å². The largest absolute Gasteiger partial charge is 0.469 e. The maximum Gasteiger partial charge on any atom is 0.305 e. The molecule has 0 aliphatic carbocycles. The first kappa shape index (κ1) is 17.0. The summed E-state index contributed by atoms with van der Waals surface area (Å²) in [6.07, 6.45) is 1.15. The fourth-order valence-electron chi connectivity index (χ4n) is 2.02. The second-order valence-electron chi connectivity index (χ2n) is 3.91. The molecule has 0 N–H and O–H groups in total. The fourth-order valence-corrected chi connectivity index (χ4v) is 5.66. The molecule has 5 heteroatoms. The Hall–Kier alpha value is -0.0300. The lowest BCUT2D eigenvalue weighted by atomic mass is 10.0. The molecule has 0 bridgehead atoms. The molecule has 0 rings (SSSR count). The zero-order valence-electron chi connectivity index (χ0n) is 11.4. The Kier molecular flexibility index (Phi) is 8.12. The molecule has 3 atom stereocenters. The minimum Gasteiger partial charge on any atom is -0.469 e. The predicted molar refractivity (Wildman–Crippen MR) is 75.6 cm³/mol. The van der Waals surface area contributed by atoms with Crippen molar-refractivity contribution in [2.75, 3.05) is 18.6 Å². The first-order valence-corrected chi connectivity index (χ1v) is 8.38. The van der Waals surface area contributed by atoms with Gasteiger partial charge in [0.1, 0.15) is 0 Å². The molecule has 0 aliphatic heterocycles. The van der Waals surface area contributed by atoms with Crippen molar-refractivity contribution >= 4 is 28.5 Å². The van der Waals surface area contributed by atoms with Gasteiger partial charge in [0.25, 0.3) is 0 Å². The zero-order chi connectivity index (χ0) is 13.5. The molecule has 0 aromatic heterocycles. The summed E-state index contributed by atoms with van der Waals surface area (Å²) >= 11 is 1.71. The molecule has 0 amide bonds. The van der Waals surface area contributed by atoms with Gasteiger partial charge in [-0.15, -0.1) is 11.8 Å². The van der Waals surface area contributed by atoms with E-state index in [0.29, 0.717) is 12.2 Å². The second-order valence-corrected chi connectivity index (χ2v) is 7.76. The van der Waals surface area contributed by atoms with Crippen LogP contribution in [0.2, 0.25) is 0 Å². The van der Waals surface area contributed by atoms with Crippen LogP contribution in [0.4, 0.5) is 0 Å². The Morgan fingerprint density at radius 1 is 1.41 bits per heavy atom. The molecule has 0 aromatic carbocycles. The minimum atomic E-state index is -0.917.